The summed E-state index contributed by atoms with van der Waals surface area (Å²) in [6.07, 6.45) is 35.6. The largest absolute Gasteiger partial charge is 0.255 e. The van der Waals surface area contributed by atoms with Gasteiger partial charge in [0.2, 0.25) is 5.35 Å². The first-order valence-electron chi connectivity index (χ1n) is 19.7. The molecule has 3 heterocycles. The summed E-state index contributed by atoms with van der Waals surface area (Å²) in [5.74, 6) is 2.60. The number of allylic oxidation sites excluding steroid dienone is 8. The van der Waals surface area contributed by atoms with Crippen molar-refractivity contribution in [1.82, 2.24) is 0 Å². The summed E-state index contributed by atoms with van der Waals surface area (Å²) in [6, 6.07) is 26.1. The highest BCUT2D eigenvalue weighted by Crippen LogP contribution is 2.41. The summed E-state index contributed by atoms with van der Waals surface area (Å²) in [4.78, 5) is 0. The van der Waals surface area contributed by atoms with Crippen molar-refractivity contribution >= 4 is 19.0 Å². The van der Waals surface area contributed by atoms with Gasteiger partial charge >= 0.3 is 0 Å². The van der Waals surface area contributed by atoms with Crippen LogP contribution in [-0.2, 0) is 6.42 Å². The maximum atomic E-state index is 4.40. The molecule has 4 atom stereocenters. The lowest BCUT2D eigenvalue weighted by molar-refractivity contribution is -0.514. The molecule has 0 N–H and O–H groups in total. The fourth-order valence-electron chi connectivity index (χ4n) is 8.95. The van der Waals surface area contributed by atoms with E-state index >= 15 is 0 Å². The molecule has 7 rings (SSSR count). The van der Waals surface area contributed by atoms with Crippen molar-refractivity contribution in [2.75, 3.05) is 0 Å². The topological polar surface area (TPSA) is 11.9 Å². The minimum absolute atomic E-state index is 0.403. The van der Waals surface area contributed by atoms with Crippen LogP contribution in [0, 0.1) is 49.4 Å². The maximum absolute atomic E-state index is 4.40. The first-order chi connectivity index (χ1) is 25.8. The molecule has 270 valence electrons. The molecular weight excluding hydrogens is 643 g/mol. The Morgan fingerprint density at radius 1 is 0.660 bits per heavy atom. The number of aromatic nitrogens is 1. The molecular formula is C50H56N3+. The molecule has 0 saturated heterocycles. The second kappa shape index (κ2) is 16.7. The van der Waals surface area contributed by atoms with E-state index in [9.17, 15) is 0 Å². The Labute approximate surface area is 318 Å². The van der Waals surface area contributed by atoms with E-state index in [1.54, 1.807) is 0 Å². The molecule has 1 aromatic heterocycles. The molecule has 2 aliphatic heterocycles. The summed E-state index contributed by atoms with van der Waals surface area (Å²) >= 11 is 0. The standard InChI is InChI=1S/C50H56N3/c1-37-13-9-11-17-46(37)49-29-26-40(35-52(49)4)20-23-43-31-42(22-19-39-25-28-48(51(3)34-39)45-15-7-6-8-16-45)32-44(33-43)24-21-41-27-30-50(53(5)36-41)47-18-12-10-14-38(47)2/h6-18,25-30,34-37,42-44H,3-5,19-24,31-33H2,1-2H3/q+1/b49-46-/t37?,42-,43+,44-/m1/s1. The van der Waals surface area contributed by atoms with Crippen molar-refractivity contribution in [3.8, 4) is 0 Å². The van der Waals surface area contributed by atoms with Crippen molar-refractivity contribution in [2.24, 2.45) is 23.7 Å². The molecule has 1 fully saturated rings. The summed E-state index contributed by atoms with van der Waals surface area (Å²) in [6.45, 7) is 17.6. The molecule has 2 aromatic carbocycles. The lowest BCUT2D eigenvalue weighted by atomic mass is 9.70. The number of nitrogens with zero attached hydrogens (tertiary/aromatic N) is 3. The third-order valence-corrected chi connectivity index (χ3v) is 11.8. The highest BCUT2D eigenvalue weighted by molar-refractivity contribution is 5.61. The molecule has 3 nitrogen and oxygen atoms in total. The Hall–Kier alpha value is -5.15. The second-order valence-electron chi connectivity index (χ2n) is 15.8. The Bertz CT molecular complexity index is 2120. The molecule has 0 bridgehead atoms. The number of hydrogen-bond acceptors (Lipinski definition) is 0. The zero-order valence-corrected chi connectivity index (χ0v) is 31.8. The highest BCUT2D eigenvalue weighted by atomic mass is 15.0. The Morgan fingerprint density at radius 3 is 1.87 bits per heavy atom. The van der Waals surface area contributed by atoms with Gasteiger partial charge in [-0.3, -0.25) is 9.15 Å². The van der Waals surface area contributed by atoms with Gasteiger partial charge in [0.25, 0.3) is 0 Å². The predicted molar refractivity (Wildman–Crippen MR) is 220 cm³/mol. The van der Waals surface area contributed by atoms with Gasteiger partial charge in [0, 0.05) is 23.1 Å². The maximum Gasteiger partial charge on any atom is 0.213 e. The van der Waals surface area contributed by atoms with Crippen LogP contribution in [0.1, 0.15) is 80.5 Å². The normalized spacial score (nSPS) is 23.7. The molecule has 0 amide bonds. The summed E-state index contributed by atoms with van der Waals surface area (Å²) < 4.78 is 6.22. The van der Waals surface area contributed by atoms with Gasteiger partial charge < -0.3 is 0 Å². The zero-order chi connectivity index (χ0) is 36.7. The van der Waals surface area contributed by atoms with Crippen molar-refractivity contribution in [2.45, 2.75) is 71.6 Å². The molecule has 1 unspecified atom stereocenters. The predicted octanol–water partition coefficient (Wildman–Crippen LogP) is 9.85. The number of pyridine rings is 1. The van der Waals surface area contributed by atoms with E-state index in [4.69, 9.17) is 0 Å². The smallest absolute Gasteiger partial charge is 0.213 e. The Morgan fingerprint density at radius 2 is 1.26 bits per heavy atom. The minimum Gasteiger partial charge on any atom is -0.255 e. The van der Waals surface area contributed by atoms with E-state index in [2.05, 4.69) is 181 Å². The van der Waals surface area contributed by atoms with E-state index in [1.807, 2.05) is 0 Å². The van der Waals surface area contributed by atoms with Crippen molar-refractivity contribution < 1.29 is 13.4 Å². The van der Waals surface area contributed by atoms with E-state index in [0.717, 1.165) is 43.1 Å². The van der Waals surface area contributed by atoms with E-state index in [0.29, 0.717) is 5.92 Å². The molecule has 3 aromatic rings. The third-order valence-electron chi connectivity index (χ3n) is 11.8. The molecule has 1 saturated carbocycles. The number of benzene rings is 2. The van der Waals surface area contributed by atoms with E-state index in [1.165, 1.54) is 88.9 Å². The molecule has 4 aliphatic rings. The zero-order valence-electron chi connectivity index (χ0n) is 31.8. The molecule has 53 heavy (non-hydrogen) atoms. The van der Waals surface area contributed by atoms with Crippen LogP contribution in [0.15, 0.2) is 145 Å². The van der Waals surface area contributed by atoms with Crippen LogP contribution in [0.25, 0.3) is 5.57 Å². The minimum atomic E-state index is 0.403. The average molecular weight is 699 g/mol. The van der Waals surface area contributed by atoms with Crippen LogP contribution in [0.5, 0.6) is 0 Å². The summed E-state index contributed by atoms with van der Waals surface area (Å²) in [7, 11) is 0. The molecule has 0 spiro atoms. The van der Waals surface area contributed by atoms with E-state index < -0.39 is 0 Å². The molecule has 0 radical (unpaired) electrons. The second-order valence-corrected chi connectivity index (χ2v) is 15.8. The summed E-state index contributed by atoms with van der Waals surface area (Å²) in [5, 5.41) is 1.20. The highest BCUT2D eigenvalue weighted by Gasteiger charge is 2.29. The van der Waals surface area contributed by atoms with Crippen LogP contribution in [0.3, 0.4) is 0 Å². The number of aryl methyl sites for hydroxylation is 2. The van der Waals surface area contributed by atoms with Crippen LogP contribution in [-0.4, -0.2) is 22.6 Å². The van der Waals surface area contributed by atoms with Crippen molar-refractivity contribution in [3.05, 3.63) is 191 Å². The Kier molecular flexibility index (Phi) is 11.4. The van der Waals surface area contributed by atoms with Gasteiger partial charge in [0.15, 0.2) is 6.20 Å². The van der Waals surface area contributed by atoms with Crippen LogP contribution < -0.4 is 9.59 Å². The first-order valence-corrected chi connectivity index (χ1v) is 19.7. The Balaban J connectivity index is 1.01. The van der Waals surface area contributed by atoms with Crippen molar-refractivity contribution in [3.63, 3.8) is 0 Å². The number of rotatable bonds is 11. The first kappa shape index (κ1) is 36.2. The van der Waals surface area contributed by atoms with Gasteiger partial charge in [-0.25, -0.2) is 0 Å². The van der Waals surface area contributed by atoms with Crippen LogP contribution in [0.2, 0.25) is 0 Å². The van der Waals surface area contributed by atoms with Crippen LogP contribution >= 0.6 is 0 Å². The molecule has 2 aliphatic carbocycles. The average Bonchev–Trinajstić information content (AvgIpc) is 3.17. The summed E-state index contributed by atoms with van der Waals surface area (Å²) in [5.41, 5.74) is 9.21. The van der Waals surface area contributed by atoms with Gasteiger partial charge in [-0.05, 0) is 116 Å². The molecule has 3 heteroatoms. The van der Waals surface area contributed by atoms with Crippen molar-refractivity contribution in [1.29, 1.82) is 0 Å². The lowest BCUT2D eigenvalue weighted by Gasteiger charge is -2.36. The van der Waals surface area contributed by atoms with Gasteiger partial charge in [-0.2, -0.15) is 4.24 Å². The lowest BCUT2D eigenvalue weighted by Crippen LogP contribution is -2.38. The third kappa shape index (κ3) is 8.91. The van der Waals surface area contributed by atoms with Gasteiger partial charge in [0.05, 0.1) is 13.4 Å². The van der Waals surface area contributed by atoms with Gasteiger partial charge in [-0.15, -0.1) is 18.2 Å². The van der Waals surface area contributed by atoms with Gasteiger partial charge in [0.1, 0.15) is 31.2 Å². The van der Waals surface area contributed by atoms with Gasteiger partial charge in [-0.1, -0.05) is 92.3 Å². The fraction of sp³-hybridized carbons (Fsp3) is 0.300. The quantitative estimate of drug-likeness (QED) is 0.140. The fourth-order valence-corrected chi connectivity index (χ4v) is 8.95. The number of hydrogen-bond donors (Lipinski definition) is 0. The monoisotopic (exact) mass is 698 g/mol. The SMILES string of the molecule is C=[N+]1C=C(CC[C@H]2C[C@@H](CCC3=C[N+](=C)[C-](c4ccccc4C)C=C3)C[C@@H](CCc3cc/c(=C4\C=CC=CC4C)[n+](=C)c3)C2)C=C[C-]1c1ccccc1. The van der Waals surface area contributed by atoms with E-state index in [-0.39, 0.29) is 0 Å². The van der Waals surface area contributed by atoms with Crippen LogP contribution in [0.4, 0.5) is 0 Å².